The van der Waals surface area contributed by atoms with E-state index in [2.05, 4.69) is 11.4 Å². The van der Waals surface area contributed by atoms with Crippen LogP contribution < -0.4 is 10.1 Å². The number of ether oxygens (including phenoxy) is 1. The minimum Gasteiger partial charge on any atom is -0.484 e. The number of carbonyl (C=O) groups is 2. The molecule has 7 heteroatoms. The highest BCUT2D eigenvalue weighted by atomic mass is 16.5. The molecule has 1 aliphatic heterocycles. The highest BCUT2D eigenvalue weighted by Crippen LogP contribution is 2.23. The fraction of sp³-hybridized carbons (Fsp3) is 0.240. The number of piperidine rings is 1. The Kier molecular flexibility index (Phi) is 6.52. The Morgan fingerprint density at radius 3 is 2.50 bits per heavy atom. The van der Waals surface area contributed by atoms with E-state index in [1.54, 1.807) is 41.3 Å². The maximum absolute atomic E-state index is 12.8. The predicted molar refractivity (Wildman–Crippen MR) is 118 cm³/mol. The molecule has 3 aromatic rings. The maximum atomic E-state index is 12.8. The van der Waals surface area contributed by atoms with Crippen LogP contribution in [0.25, 0.3) is 0 Å². The zero-order chi connectivity index (χ0) is 22.3. The summed E-state index contributed by atoms with van der Waals surface area (Å²) in [5.74, 6) is 0.867. The summed E-state index contributed by atoms with van der Waals surface area (Å²) in [4.78, 5) is 27.0. The highest BCUT2D eigenvalue weighted by molar-refractivity contribution is 5.94. The van der Waals surface area contributed by atoms with Crippen molar-refractivity contribution in [1.82, 2.24) is 4.90 Å². The summed E-state index contributed by atoms with van der Waals surface area (Å²) >= 11 is 0. The van der Waals surface area contributed by atoms with Crippen molar-refractivity contribution in [1.29, 1.82) is 5.26 Å². The Labute approximate surface area is 186 Å². The van der Waals surface area contributed by atoms with Crippen molar-refractivity contribution < 1.29 is 18.7 Å². The number of furan rings is 1. The first-order chi connectivity index (χ1) is 15.6. The number of hydrogen-bond acceptors (Lipinski definition) is 5. The highest BCUT2D eigenvalue weighted by Gasteiger charge is 2.29. The SMILES string of the molecule is N#Cc1ccccc1OCc1ccc(C(=O)N2CCC(C(=O)Nc3ccccc3)CC2)o1. The molecule has 1 saturated heterocycles. The fourth-order valence-corrected chi connectivity index (χ4v) is 3.67. The second-order valence-electron chi connectivity index (χ2n) is 7.58. The van der Waals surface area contributed by atoms with Crippen molar-refractivity contribution in [2.45, 2.75) is 19.4 Å². The molecule has 1 aromatic heterocycles. The van der Waals surface area contributed by atoms with E-state index in [0.717, 1.165) is 5.69 Å². The Morgan fingerprint density at radius 2 is 1.75 bits per heavy atom. The number of carbonyl (C=O) groups excluding carboxylic acids is 2. The minimum absolute atomic E-state index is 0.0154. The van der Waals surface area contributed by atoms with E-state index < -0.39 is 0 Å². The van der Waals surface area contributed by atoms with Crippen molar-refractivity contribution in [3.05, 3.63) is 83.8 Å². The quantitative estimate of drug-likeness (QED) is 0.633. The molecule has 2 aromatic carbocycles. The number of likely N-dealkylation sites (tertiary alicyclic amines) is 1. The summed E-state index contributed by atoms with van der Waals surface area (Å²) in [6.07, 6.45) is 1.21. The van der Waals surface area contributed by atoms with Gasteiger partial charge in [-0.15, -0.1) is 0 Å². The second kappa shape index (κ2) is 9.84. The molecule has 2 amide bonds. The molecular formula is C25H23N3O4. The molecular weight excluding hydrogens is 406 g/mol. The van der Waals surface area contributed by atoms with Crippen LogP contribution in [0, 0.1) is 17.2 Å². The van der Waals surface area contributed by atoms with E-state index in [-0.39, 0.29) is 30.1 Å². The zero-order valence-electron chi connectivity index (χ0n) is 17.5. The molecule has 4 rings (SSSR count). The van der Waals surface area contributed by atoms with Gasteiger partial charge in [-0.05, 0) is 49.2 Å². The molecule has 1 fully saturated rings. The van der Waals surface area contributed by atoms with Crippen LogP contribution in [0.4, 0.5) is 5.69 Å². The van der Waals surface area contributed by atoms with Crippen LogP contribution in [0.3, 0.4) is 0 Å². The maximum Gasteiger partial charge on any atom is 0.289 e. The third-order valence-corrected chi connectivity index (χ3v) is 5.44. The van der Waals surface area contributed by atoms with E-state index in [0.29, 0.717) is 43.0 Å². The lowest BCUT2D eigenvalue weighted by atomic mass is 9.95. The van der Waals surface area contributed by atoms with E-state index in [9.17, 15) is 9.59 Å². The lowest BCUT2D eigenvalue weighted by Crippen LogP contribution is -2.41. The molecule has 7 nitrogen and oxygen atoms in total. The van der Waals surface area contributed by atoms with Gasteiger partial charge in [0, 0.05) is 24.7 Å². The number of rotatable bonds is 6. The van der Waals surface area contributed by atoms with Crippen LogP contribution in [0.15, 0.2) is 71.1 Å². The number of benzene rings is 2. The Bertz CT molecular complexity index is 1130. The average Bonchev–Trinajstić information content (AvgIpc) is 3.32. The number of hydrogen-bond donors (Lipinski definition) is 1. The molecule has 0 radical (unpaired) electrons. The van der Waals surface area contributed by atoms with Gasteiger partial charge < -0.3 is 19.4 Å². The smallest absolute Gasteiger partial charge is 0.289 e. The van der Waals surface area contributed by atoms with Gasteiger partial charge in [-0.3, -0.25) is 9.59 Å². The number of nitrogens with zero attached hydrogens (tertiary/aromatic N) is 2. The third-order valence-electron chi connectivity index (χ3n) is 5.44. The number of nitrogens with one attached hydrogen (secondary N) is 1. The van der Waals surface area contributed by atoms with Crippen LogP contribution in [-0.2, 0) is 11.4 Å². The Morgan fingerprint density at radius 1 is 1.03 bits per heavy atom. The van der Waals surface area contributed by atoms with E-state index in [1.807, 2.05) is 30.3 Å². The van der Waals surface area contributed by atoms with Crippen molar-refractivity contribution in [2.75, 3.05) is 18.4 Å². The van der Waals surface area contributed by atoms with Crippen LogP contribution >= 0.6 is 0 Å². The first kappa shape index (κ1) is 21.2. The minimum atomic E-state index is -0.199. The lowest BCUT2D eigenvalue weighted by Gasteiger charge is -2.30. The largest absolute Gasteiger partial charge is 0.484 e. The van der Waals surface area contributed by atoms with Gasteiger partial charge in [-0.1, -0.05) is 30.3 Å². The molecule has 0 aliphatic carbocycles. The fourth-order valence-electron chi connectivity index (χ4n) is 3.67. The first-order valence-corrected chi connectivity index (χ1v) is 10.5. The summed E-state index contributed by atoms with van der Waals surface area (Å²) in [7, 11) is 0. The van der Waals surface area contributed by atoms with Gasteiger partial charge in [0.05, 0.1) is 5.56 Å². The molecule has 0 saturated carbocycles. The van der Waals surface area contributed by atoms with Crippen molar-refractivity contribution in [3.63, 3.8) is 0 Å². The van der Waals surface area contributed by atoms with Gasteiger partial charge in [0.1, 0.15) is 24.2 Å². The summed E-state index contributed by atoms with van der Waals surface area (Å²) in [5.41, 5.74) is 1.22. The molecule has 1 aliphatic rings. The lowest BCUT2D eigenvalue weighted by molar-refractivity contribution is -0.121. The van der Waals surface area contributed by atoms with E-state index in [1.165, 1.54) is 0 Å². The van der Waals surface area contributed by atoms with Crippen LogP contribution in [-0.4, -0.2) is 29.8 Å². The molecule has 0 atom stereocenters. The van der Waals surface area contributed by atoms with Gasteiger partial charge in [-0.2, -0.15) is 5.26 Å². The van der Waals surface area contributed by atoms with Crippen LogP contribution in [0.5, 0.6) is 5.75 Å². The van der Waals surface area contributed by atoms with Crippen LogP contribution in [0.1, 0.15) is 34.7 Å². The topological polar surface area (TPSA) is 95.6 Å². The first-order valence-electron chi connectivity index (χ1n) is 10.5. The number of nitriles is 1. The Hall–Kier alpha value is -4.05. The summed E-state index contributed by atoms with van der Waals surface area (Å²) in [6, 6.07) is 21.7. The molecule has 2 heterocycles. The average molecular weight is 429 g/mol. The van der Waals surface area contributed by atoms with Crippen molar-refractivity contribution >= 4 is 17.5 Å². The third kappa shape index (κ3) is 4.98. The van der Waals surface area contributed by atoms with Gasteiger partial charge >= 0.3 is 0 Å². The summed E-state index contributed by atoms with van der Waals surface area (Å²) in [5, 5.41) is 12.1. The number of anilines is 1. The molecule has 0 spiro atoms. The monoisotopic (exact) mass is 429 g/mol. The van der Waals surface area contributed by atoms with Crippen molar-refractivity contribution in [3.8, 4) is 11.8 Å². The van der Waals surface area contributed by atoms with Crippen molar-refractivity contribution in [2.24, 2.45) is 5.92 Å². The zero-order valence-corrected chi connectivity index (χ0v) is 17.5. The van der Waals surface area contributed by atoms with E-state index >= 15 is 0 Å². The summed E-state index contributed by atoms with van der Waals surface area (Å²) < 4.78 is 11.3. The summed E-state index contributed by atoms with van der Waals surface area (Å²) in [6.45, 7) is 1.11. The number of para-hydroxylation sites is 2. The van der Waals surface area contributed by atoms with Gasteiger partial charge in [0.15, 0.2) is 5.76 Å². The predicted octanol–water partition coefficient (Wildman–Crippen LogP) is 4.22. The second-order valence-corrected chi connectivity index (χ2v) is 7.58. The van der Waals surface area contributed by atoms with Gasteiger partial charge in [0.2, 0.25) is 5.91 Å². The van der Waals surface area contributed by atoms with Crippen LogP contribution in [0.2, 0.25) is 0 Å². The standard InChI is InChI=1S/C25H23N3O4/c26-16-19-6-4-5-9-22(19)31-17-21-10-11-23(32-21)25(30)28-14-12-18(13-15-28)24(29)27-20-7-2-1-3-8-20/h1-11,18H,12-15,17H2,(H,27,29). The number of amides is 2. The van der Waals surface area contributed by atoms with E-state index in [4.69, 9.17) is 14.4 Å². The van der Waals surface area contributed by atoms with Gasteiger partial charge in [-0.25, -0.2) is 0 Å². The molecule has 1 N–H and O–H groups in total. The van der Waals surface area contributed by atoms with Gasteiger partial charge in [0.25, 0.3) is 5.91 Å². The molecule has 162 valence electrons. The normalized spacial score (nSPS) is 13.9. The molecule has 0 bridgehead atoms. The molecule has 0 unspecified atom stereocenters. The molecule has 32 heavy (non-hydrogen) atoms. The Balaban J connectivity index is 1.29.